The predicted molar refractivity (Wildman–Crippen MR) is 77.4 cm³/mol. The monoisotopic (exact) mass is 305 g/mol. The number of thiophene rings is 1. The lowest BCUT2D eigenvalue weighted by molar-refractivity contribution is -0.124. The second-order valence-electron chi connectivity index (χ2n) is 4.78. The van der Waals surface area contributed by atoms with Gasteiger partial charge in [0, 0.05) is 22.6 Å². The lowest BCUT2D eigenvalue weighted by Crippen LogP contribution is -2.48. The standard InChI is InChI=1S/C12H16ClNO2S2/c1-12(7-16-8-12)6-14-11(15)5-17-4-9-2-3-10(13)18-9/h2-3H,4-8H2,1H3,(H,14,15). The molecular formula is C12H16ClNO2S2. The maximum Gasteiger partial charge on any atom is 0.230 e. The molecule has 0 atom stereocenters. The van der Waals surface area contributed by atoms with Crippen LogP contribution >= 0.6 is 34.7 Å². The van der Waals surface area contributed by atoms with Crippen molar-refractivity contribution < 1.29 is 9.53 Å². The molecule has 0 aromatic carbocycles. The van der Waals surface area contributed by atoms with Crippen LogP contribution < -0.4 is 5.32 Å². The number of amides is 1. The molecule has 1 aromatic heterocycles. The van der Waals surface area contributed by atoms with Gasteiger partial charge in [-0.15, -0.1) is 23.1 Å². The number of carbonyl (C=O) groups is 1. The zero-order valence-corrected chi connectivity index (χ0v) is 12.6. The van der Waals surface area contributed by atoms with E-state index in [1.165, 1.54) is 4.88 Å². The van der Waals surface area contributed by atoms with Crippen molar-refractivity contribution in [2.75, 3.05) is 25.5 Å². The van der Waals surface area contributed by atoms with Crippen molar-refractivity contribution in [1.82, 2.24) is 5.32 Å². The summed E-state index contributed by atoms with van der Waals surface area (Å²) in [6.45, 7) is 4.32. The highest BCUT2D eigenvalue weighted by molar-refractivity contribution is 7.99. The Labute approximate surface area is 120 Å². The summed E-state index contributed by atoms with van der Waals surface area (Å²) in [7, 11) is 0. The van der Waals surface area contributed by atoms with Gasteiger partial charge in [-0.05, 0) is 12.1 Å². The summed E-state index contributed by atoms with van der Waals surface area (Å²) in [5.74, 6) is 1.42. The average molecular weight is 306 g/mol. The Morgan fingerprint density at radius 3 is 2.94 bits per heavy atom. The highest BCUT2D eigenvalue weighted by atomic mass is 35.5. The van der Waals surface area contributed by atoms with Crippen LogP contribution in [0.5, 0.6) is 0 Å². The molecule has 6 heteroatoms. The first-order valence-electron chi connectivity index (χ1n) is 5.74. The summed E-state index contributed by atoms with van der Waals surface area (Å²) < 4.78 is 5.94. The van der Waals surface area contributed by atoms with Crippen LogP contribution in [0.2, 0.25) is 4.34 Å². The molecule has 2 heterocycles. The molecule has 1 fully saturated rings. The van der Waals surface area contributed by atoms with E-state index in [9.17, 15) is 4.79 Å². The molecule has 100 valence electrons. The summed E-state index contributed by atoms with van der Waals surface area (Å²) >= 11 is 9.02. The Balaban J connectivity index is 1.60. The third kappa shape index (κ3) is 4.16. The summed E-state index contributed by atoms with van der Waals surface area (Å²) in [5, 5.41) is 2.95. The Kier molecular flexibility index (Phi) is 4.95. The molecule has 18 heavy (non-hydrogen) atoms. The highest BCUT2D eigenvalue weighted by Gasteiger charge is 2.33. The zero-order chi connectivity index (χ0) is 13.0. The van der Waals surface area contributed by atoms with Crippen LogP contribution in [-0.4, -0.2) is 31.4 Å². The number of nitrogens with one attached hydrogen (secondary N) is 1. The minimum absolute atomic E-state index is 0.0933. The van der Waals surface area contributed by atoms with Gasteiger partial charge >= 0.3 is 0 Å². The molecule has 1 aliphatic heterocycles. The van der Waals surface area contributed by atoms with E-state index in [2.05, 4.69) is 12.2 Å². The Morgan fingerprint density at radius 1 is 1.61 bits per heavy atom. The number of rotatable bonds is 6. The molecule has 1 amide bonds. The van der Waals surface area contributed by atoms with Gasteiger partial charge in [0.15, 0.2) is 0 Å². The van der Waals surface area contributed by atoms with Gasteiger partial charge in [0.2, 0.25) is 5.91 Å². The number of carbonyl (C=O) groups excluding carboxylic acids is 1. The van der Waals surface area contributed by atoms with Gasteiger partial charge in [0.1, 0.15) is 0 Å². The predicted octanol–water partition coefficient (Wildman–Crippen LogP) is 2.79. The van der Waals surface area contributed by atoms with E-state index in [4.69, 9.17) is 16.3 Å². The lowest BCUT2D eigenvalue weighted by Gasteiger charge is -2.38. The van der Waals surface area contributed by atoms with E-state index in [1.54, 1.807) is 23.1 Å². The molecule has 0 radical (unpaired) electrons. The number of hydrogen-bond donors (Lipinski definition) is 1. The first-order valence-corrected chi connectivity index (χ1v) is 8.09. The fraction of sp³-hybridized carbons (Fsp3) is 0.583. The number of thioether (sulfide) groups is 1. The summed E-state index contributed by atoms with van der Waals surface area (Å²) in [5.41, 5.74) is 0.140. The molecule has 0 unspecified atom stereocenters. The van der Waals surface area contributed by atoms with Crippen LogP contribution in [0.4, 0.5) is 0 Å². The fourth-order valence-electron chi connectivity index (χ4n) is 1.59. The molecular weight excluding hydrogens is 290 g/mol. The SMILES string of the molecule is CC1(CNC(=O)CSCc2ccc(Cl)s2)COC1. The van der Waals surface area contributed by atoms with Crippen LogP contribution in [-0.2, 0) is 15.3 Å². The fourth-order valence-corrected chi connectivity index (χ4v) is 3.64. The van der Waals surface area contributed by atoms with E-state index in [1.807, 2.05) is 12.1 Å². The Bertz CT molecular complexity index is 418. The van der Waals surface area contributed by atoms with Crippen LogP contribution in [0.1, 0.15) is 11.8 Å². The summed E-state index contributed by atoms with van der Waals surface area (Å²) in [4.78, 5) is 12.8. The van der Waals surface area contributed by atoms with Crippen molar-refractivity contribution in [2.45, 2.75) is 12.7 Å². The minimum atomic E-state index is 0.0933. The Hall–Kier alpha value is -0.230. The molecule has 1 saturated heterocycles. The van der Waals surface area contributed by atoms with Crippen molar-refractivity contribution in [2.24, 2.45) is 5.41 Å². The molecule has 0 saturated carbocycles. The van der Waals surface area contributed by atoms with Crippen LogP contribution in [0, 0.1) is 5.41 Å². The maximum absolute atomic E-state index is 11.6. The van der Waals surface area contributed by atoms with Gasteiger partial charge in [0.25, 0.3) is 0 Å². The quantitative estimate of drug-likeness (QED) is 0.878. The van der Waals surface area contributed by atoms with Crippen molar-refractivity contribution in [3.8, 4) is 0 Å². The first-order chi connectivity index (χ1) is 8.57. The van der Waals surface area contributed by atoms with Gasteiger partial charge in [-0.25, -0.2) is 0 Å². The molecule has 3 nitrogen and oxygen atoms in total. The summed E-state index contributed by atoms with van der Waals surface area (Å²) in [6.07, 6.45) is 0. The van der Waals surface area contributed by atoms with E-state index < -0.39 is 0 Å². The van der Waals surface area contributed by atoms with E-state index in [0.29, 0.717) is 12.3 Å². The molecule has 1 aromatic rings. The lowest BCUT2D eigenvalue weighted by atomic mass is 9.89. The van der Waals surface area contributed by atoms with Crippen LogP contribution in [0.25, 0.3) is 0 Å². The normalized spacial score (nSPS) is 17.2. The molecule has 2 rings (SSSR count). The van der Waals surface area contributed by atoms with Crippen molar-refractivity contribution in [3.05, 3.63) is 21.3 Å². The van der Waals surface area contributed by atoms with Gasteiger partial charge in [-0.2, -0.15) is 0 Å². The van der Waals surface area contributed by atoms with Gasteiger partial charge < -0.3 is 10.1 Å². The zero-order valence-electron chi connectivity index (χ0n) is 10.2. The Morgan fingerprint density at radius 2 is 2.39 bits per heavy atom. The third-order valence-corrected chi connectivity index (χ3v) is 5.12. The minimum Gasteiger partial charge on any atom is -0.380 e. The van der Waals surface area contributed by atoms with Gasteiger partial charge in [-0.1, -0.05) is 18.5 Å². The molecule has 0 aliphatic carbocycles. The first kappa shape index (κ1) is 14.2. The molecule has 0 bridgehead atoms. The van der Waals surface area contributed by atoms with Gasteiger partial charge in [0.05, 0.1) is 23.3 Å². The van der Waals surface area contributed by atoms with Crippen molar-refractivity contribution in [1.29, 1.82) is 0 Å². The number of ether oxygens (including phenoxy) is 1. The topological polar surface area (TPSA) is 38.3 Å². The van der Waals surface area contributed by atoms with E-state index >= 15 is 0 Å². The van der Waals surface area contributed by atoms with E-state index in [0.717, 1.165) is 23.3 Å². The van der Waals surface area contributed by atoms with E-state index in [-0.39, 0.29) is 11.3 Å². The molecule has 0 spiro atoms. The largest absolute Gasteiger partial charge is 0.380 e. The highest BCUT2D eigenvalue weighted by Crippen LogP contribution is 2.26. The maximum atomic E-state index is 11.6. The van der Waals surface area contributed by atoms with Crippen molar-refractivity contribution >= 4 is 40.6 Å². The molecule has 1 aliphatic rings. The smallest absolute Gasteiger partial charge is 0.230 e. The second-order valence-corrected chi connectivity index (χ2v) is 7.56. The number of hydrogen-bond acceptors (Lipinski definition) is 4. The summed E-state index contributed by atoms with van der Waals surface area (Å²) in [6, 6.07) is 3.89. The average Bonchev–Trinajstić information content (AvgIpc) is 2.70. The van der Waals surface area contributed by atoms with Gasteiger partial charge in [-0.3, -0.25) is 4.79 Å². The van der Waals surface area contributed by atoms with Crippen LogP contribution in [0.15, 0.2) is 12.1 Å². The van der Waals surface area contributed by atoms with Crippen molar-refractivity contribution in [3.63, 3.8) is 0 Å². The second kappa shape index (κ2) is 6.28. The van der Waals surface area contributed by atoms with Crippen LogP contribution in [0.3, 0.4) is 0 Å². The number of halogens is 1. The molecule has 1 N–H and O–H groups in total. The third-order valence-electron chi connectivity index (χ3n) is 2.72.